The molecule has 0 atom stereocenters. The molecule has 0 aliphatic heterocycles. The fraction of sp³-hybridized carbons (Fsp3) is 0.100. The number of ether oxygens (including phenoxy) is 1. The van der Waals surface area contributed by atoms with Crippen molar-refractivity contribution in [1.82, 2.24) is 4.98 Å². The van der Waals surface area contributed by atoms with E-state index in [9.17, 15) is 23.3 Å². The zero-order valence-corrected chi connectivity index (χ0v) is 20.0. The minimum absolute atomic E-state index is 0.00974. The van der Waals surface area contributed by atoms with Crippen LogP contribution in [0.5, 0.6) is 5.75 Å². The van der Waals surface area contributed by atoms with E-state index in [0.717, 1.165) is 22.8 Å². The molecule has 0 radical (unpaired) electrons. The molecule has 0 saturated heterocycles. The lowest BCUT2D eigenvalue weighted by Gasteiger charge is -2.17. The lowest BCUT2D eigenvalue weighted by molar-refractivity contribution is -0.384. The maximum absolute atomic E-state index is 13.8. The number of para-hydroxylation sites is 1. The average Bonchev–Trinajstić information content (AvgIpc) is 2.92. The lowest BCUT2D eigenvalue weighted by Crippen LogP contribution is -2.07. The Balaban J connectivity index is 1.55. The summed E-state index contributed by atoms with van der Waals surface area (Å²) in [6, 6.07) is 27.0. The molecule has 5 rings (SSSR count). The third-order valence-electron chi connectivity index (χ3n) is 6.19. The third-order valence-corrected chi connectivity index (χ3v) is 6.19. The molecule has 8 heteroatoms. The number of alkyl halides is 3. The van der Waals surface area contributed by atoms with Crippen LogP contribution in [0.1, 0.15) is 22.3 Å². The summed E-state index contributed by atoms with van der Waals surface area (Å²) in [5.41, 5.74) is 2.99. The molecule has 0 saturated carbocycles. The maximum Gasteiger partial charge on any atom is 0.418 e. The quantitative estimate of drug-likeness (QED) is 0.163. The summed E-state index contributed by atoms with van der Waals surface area (Å²) in [6.07, 6.45) is -2.53. The number of nitro benzene ring substituents is 1. The highest BCUT2D eigenvalue weighted by atomic mass is 19.4. The zero-order valence-electron chi connectivity index (χ0n) is 20.0. The lowest BCUT2D eigenvalue weighted by atomic mass is 9.92. The van der Waals surface area contributed by atoms with Gasteiger partial charge in [-0.15, -0.1) is 0 Å². The summed E-state index contributed by atoms with van der Waals surface area (Å²) in [5, 5.41) is 11.3. The Bertz CT molecular complexity index is 1600. The van der Waals surface area contributed by atoms with Gasteiger partial charge in [0.25, 0.3) is 5.69 Å². The zero-order chi connectivity index (χ0) is 26.7. The first kappa shape index (κ1) is 25.0. The molecule has 5 aromatic rings. The monoisotopic (exact) mass is 514 g/mol. The largest absolute Gasteiger partial charge is 0.489 e. The van der Waals surface area contributed by atoms with E-state index < -0.39 is 16.7 Å². The van der Waals surface area contributed by atoms with E-state index in [-0.39, 0.29) is 17.8 Å². The molecule has 0 fully saturated rings. The van der Waals surface area contributed by atoms with Crippen LogP contribution in [0.25, 0.3) is 22.0 Å². The minimum atomic E-state index is -4.54. The fourth-order valence-corrected chi connectivity index (χ4v) is 4.41. The molecular formula is C30H21F3N2O3. The predicted molar refractivity (Wildman–Crippen MR) is 139 cm³/mol. The van der Waals surface area contributed by atoms with Crippen molar-refractivity contribution in [3.8, 4) is 16.9 Å². The van der Waals surface area contributed by atoms with E-state index >= 15 is 0 Å². The van der Waals surface area contributed by atoms with Crippen LogP contribution in [0.3, 0.4) is 0 Å². The van der Waals surface area contributed by atoms with Crippen LogP contribution in [0.15, 0.2) is 103 Å². The number of benzene rings is 4. The van der Waals surface area contributed by atoms with Crippen molar-refractivity contribution in [1.29, 1.82) is 0 Å². The number of halogens is 3. The summed E-state index contributed by atoms with van der Waals surface area (Å²) >= 11 is 0. The van der Waals surface area contributed by atoms with Crippen molar-refractivity contribution in [2.24, 2.45) is 0 Å². The fourth-order valence-electron chi connectivity index (χ4n) is 4.41. The van der Waals surface area contributed by atoms with Crippen LogP contribution < -0.4 is 4.74 Å². The van der Waals surface area contributed by atoms with Crippen LogP contribution in [-0.4, -0.2) is 9.91 Å². The number of hydrogen-bond donors (Lipinski definition) is 0. The van der Waals surface area contributed by atoms with Gasteiger partial charge in [0.1, 0.15) is 12.4 Å². The summed E-state index contributed by atoms with van der Waals surface area (Å²) in [5.74, 6) is 0.517. The van der Waals surface area contributed by atoms with Crippen LogP contribution in [0, 0.1) is 10.1 Å². The van der Waals surface area contributed by atoms with Gasteiger partial charge >= 0.3 is 6.18 Å². The molecule has 0 aliphatic rings. The molecule has 38 heavy (non-hydrogen) atoms. The number of non-ortho nitro benzene ring substituents is 1. The van der Waals surface area contributed by atoms with Gasteiger partial charge in [0.05, 0.1) is 16.0 Å². The Morgan fingerprint density at radius 3 is 2.29 bits per heavy atom. The highest BCUT2D eigenvalue weighted by Crippen LogP contribution is 2.39. The van der Waals surface area contributed by atoms with Crippen molar-refractivity contribution in [3.63, 3.8) is 0 Å². The number of rotatable bonds is 7. The Kier molecular flexibility index (Phi) is 6.79. The molecule has 1 aromatic heterocycles. The molecule has 190 valence electrons. The Hall–Kier alpha value is -4.72. The van der Waals surface area contributed by atoms with Gasteiger partial charge in [-0.1, -0.05) is 54.6 Å². The van der Waals surface area contributed by atoms with E-state index in [2.05, 4.69) is 4.98 Å². The van der Waals surface area contributed by atoms with Crippen molar-refractivity contribution < 1.29 is 22.8 Å². The highest BCUT2D eigenvalue weighted by molar-refractivity contribution is 5.98. The minimum Gasteiger partial charge on any atom is -0.489 e. The number of pyridine rings is 1. The van der Waals surface area contributed by atoms with Crippen LogP contribution in [0.2, 0.25) is 0 Å². The predicted octanol–water partition coefficient (Wildman–Crippen LogP) is 8.00. The second-order valence-electron chi connectivity index (χ2n) is 8.76. The van der Waals surface area contributed by atoms with Crippen LogP contribution in [-0.2, 0) is 19.2 Å². The van der Waals surface area contributed by atoms with E-state index in [4.69, 9.17) is 4.74 Å². The summed E-state index contributed by atoms with van der Waals surface area (Å²) < 4.78 is 47.3. The van der Waals surface area contributed by atoms with Crippen LogP contribution in [0.4, 0.5) is 18.9 Å². The normalized spacial score (nSPS) is 11.4. The molecular weight excluding hydrogens is 493 g/mol. The van der Waals surface area contributed by atoms with Gasteiger partial charge < -0.3 is 4.74 Å². The molecule has 0 spiro atoms. The smallest absolute Gasteiger partial charge is 0.418 e. The summed E-state index contributed by atoms with van der Waals surface area (Å²) in [4.78, 5) is 14.7. The molecule has 0 aliphatic carbocycles. The van der Waals surface area contributed by atoms with E-state index in [1.54, 1.807) is 36.4 Å². The van der Waals surface area contributed by atoms with Gasteiger partial charge in [0, 0.05) is 23.7 Å². The third kappa shape index (κ3) is 5.34. The van der Waals surface area contributed by atoms with Gasteiger partial charge in [-0.25, -0.2) is 0 Å². The first-order chi connectivity index (χ1) is 18.3. The van der Waals surface area contributed by atoms with Gasteiger partial charge in [-0.05, 0) is 64.6 Å². The molecule has 1 heterocycles. The number of fused-ring (bicyclic) bond motifs is 1. The Labute approximate surface area is 216 Å². The first-order valence-electron chi connectivity index (χ1n) is 11.8. The number of nitro groups is 1. The first-order valence-corrected chi connectivity index (χ1v) is 11.8. The Morgan fingerprint density at radius 2 is 1.58 bits per heavy atom. The summed E-state index contributed by atoms with van der Waals surface area (Å²) in [7, 11) is 0. The van der Waals surface area contributed by atoms with Crippen LogP contribution >= 0.6 is 0 Å². The highest BCUT2D eigenvalue weighted by Gasteiger charge is 2.33. The number of nitrogens with zero attached hydrogens (tertiary/aromatic N) is 2. The molecule has 5 nitrogen and oxygen atoms in total. The average molecular weight is 515 g/mol. The summed E-state index contributed by atoms with van der Waals surface area (Å²) in [6.45, 7) is 0.174. The second-order valence-corrected chi connectivity index (χ2v) is 8.76. The maximum atomic E-state index is 13.8. The molecule has 4 aromatic carbocycles. The molecule has 0 amide bonds. The Morgan fingerprint density at radius 1 is 0.842 bits per heavy atom. The number of hydrogen-bond acceptors (Lipinski definition) is 4. The SMILES string of the molecule is O=[N+]([O-])c1ccc(COc2cccc(-c3c(Cc4ccccc4)cnc4c(C(F)(F)F)cccc34)c2)cc1. The standard InChI is InChI=1S/C30H21F3N2O3/c31-30(32,33)27-11-5-10-26-28(23(18-34-29(26)27)16-20-6-2-1-3-7-20)22-8-4-9-25(17-22)38-19-21-12-14-24(15-13-21)35(36)37/h1-15,17-18H,16,19H2. The van der Waals surface area contributed by atoms with Crippen molar-refractivity contribution in [2.75, 3.05) is 0 Å². The molecule has 0 unspecified atom stereocenters. The van der Waals surface area contributed by atoms with Gasteiger partial charge in [0.15, 0.2) is 0 Å². The van der Waals surface area contributed by atoms with Gasteiger partial charge in [0.2, 0.25) is 0 Å². The van der Waals surface area contributed by atoms with Crippen molar-refractivity contribution in [3.05, 3.63) is 136 Å². The number of aromatic nitrogens is 1. The molecule has 0 N–H and O–H groups in total. The van der Waals surface area contributed by atoms with E-state index in [1.165, 1.54) is 24.4 Å². The van der Waals surface area contributed by atoms with Crippen molar-refractivity contribution in [2.45, 2.75) is 19.2 Å². The van der Waals surface area contributed by atoms with Gasteiger partial charge in [-0.3, -0.25) is 15.1 Å². The van der Waals surface area contributed by atoms with Crippen molar-refractivity contribution >= 4 is 16.6 Å². The second kappa shape index (κ2) is 10.3. The van der Waals surface area contributed by atoms with Gasteiger partial charge in [-0.2, -0.15) is 13.2 Å². The van der Waals surface area contributed by atoms with E-state index in [1.807, 2.05) is 36.4 Å². The molecule has 0 bridgehead atoms. The van der Waals surface area contributed by atoms with E-state index in [0.29, 0.717) is 28.7 Å². The topological polar surface area (TPSA) is 65.3 Å².